The van der Waals surface area contributed by atoms with Crippen molar-refractivity contribution in [1.82, 2.24) is 9.88 Å². The molecule has 1 fully saturated rings. The van der Waals surface area contributed by atoms with Crippen LogP contribution in [0.2, 0.25) is 0 Å². The van der Waals surface area contributed by atoms with E-state index in [4.69, 9.17) is 4.74 Å². The largest absolute Gasteiger partial charge is 0.480 e. The van der Waals surface area contributed by atoms with Gasteiger partial charge in [0.15, 0.2) is 6.04 Å². The molecule has 1 saturated heterocycles. The number of carbonyl (C=O) groups is 2. The number of thiazole rings is 1. The maximum atomic E-state index is 12.6. The highest BCUT2D eigenvalue weighted by atomic mass is 32.1. The maximum absolute atomic E-state index is 12.6. The Labute approximate surface area is 143 Å². The van der Waals surface area contributed by atoms with E-state index >= 15 is 0 Å². The molecule has 1 amide bonds. The molecule has 126 valence electrons. The quantitative estimate of drug-likeness (QED) is 0.894. The molecule has 1 N–H and O–H groups in total. The molecule has 24 heavy (non-hydrogen) atoms. The molecular formula is C17H18N2O4S. The molecular weight excluding hydrogens is 328 g/mol. The molecule has 1 aromatic carbocycles. The minimum Gasteiger partial charge on any atom is -0.480 e. The van der Waals surface area contributed by atoms with E-state index in [-0.39, 0.29) is 19.1 Å². The van der Waals surface area contributed by atoms with Gasteiger partial charge in [-0.25, -0.2) is 9.78 Å². The van der Waals surface area contributed by atoms with Crippen molar-refractivity contribution in [3.8, 4) is 0 Å². The number of amides is 1. The number of hydrogen-bond acceptors (Lipinski definition) is 5. The Morgan fingerprint density at radius 2 is 2.08 bits per heavy atom. The molecule has 0 aliphatic carbocycles. The number of ether oxygens (including phenoxy) is 1. The molecule has 1 aliphatic rings. The highest BCUT2D eigenvalue weighted by Crippen LogP contribution is 2.17. The van der Waals surface area contributed by atoms with Crippen molar-refractivity contribution < 1.29 is 19.4 Å². The van der Waals surface area contributed by atoms with E-state index < -0.39 is 12.0 Å². The van der Waals surface area contributed by atoms with Crippen molar-refractivity contribution in [2.75, 3.05) is 19.8 Å². The van der Waals surface area contributed by atoms with Crippen LogP contribution in [-0.4, -0.2) is 52.7 Å². The monoisotopic (exact) mass is 346 g/mol. The van der Waals surface area contributed by atoms with Gasteiger partial charge in [-0.15, -0.1) is 11.3 Å². The van der Waals surface area contributed by atoms with Gasteiger partial charge in [0.2, 0.25) is 0 Å². The number of morpholine rings is 1. The number of nitrogens with zero attached hydrogens (tertiary/aromatic N) is 2. The average Bonchev–Trinajstić information content (AvgIpc) is 3.09. The third-order valence-electron chi connectivity index (χ3n) is 3.92. The number of aliphatic carboxylic acids is 1. The first-order valence-corrected chi connectivity index (χ1v) is 8.63. The van der Waals surface area contributed by atoms with Gasteiger partial charge in [-0.1, -0.05) is 30.3 Å². The van der Waals surface area contributed by atoms with Crippen LogP contribution in [-0.2, 0) is 22.4 Å². The number of hydrogen-bond donors (Lipinski definition) is 1. The molecule has 1 atom stereocenters. The number of benzene rings is 1. The van der Waals surface area contributed by atoms with Gasteiger partial charge in [0, 0.05) is 18.3 Å². The third kappa shape index (κ3) is 3.80. The lowest BCUT2D eigenvalue weighted by Crippen LogP contribution is -2.52. The van der Waals surface area contributed by atoms with Crippen molar-refractivity contribution in [1.29, 1.82) is 0 Å². The third-order valence-corrected chi connectivity index (χ3v) is 4.82. The van der Waals surface area contributed by atoms with Crippen LogP contribution < -0.4 is 0 Å². The van der Waals surface area contributed by atoms with E-state index in [0.29, 0.717) is 12.3 Å². The predicted molar refractivity (Wildman–Crippen MR) is 89.2 cm³/mol. The summed E-state index contributed by atoms with van der Waals surface area (Å²) < 4.78 is 5.16. The smallest absolute Gasteiger partial charge is 0.328 e. The Balaban J connectivity index is 1.65. The Morgan fingerprint density at radius 3 is 2.83 bits per heavy atom. The van der Waals surface area contributed by atoms with Gasteiger partial charge in [0.25, 0.3) is 5.91 Å². The van der Waals surface area contributed by atoms with Crippen molar-refractivity contribution in [3.63, 3.8) is 0 Å². The van der Waals surface area contributed by atoms with Crippen molar-refractivity contribution in [3.05, 3.63) is 52.0 Å². The van der Waals surface area contributed by atoms with E-state index in [9.17, 15) is 14.7 Å². The fraction of sp³-hybridized carbons (Fsp3) is 0.353. The standard InChI is InChI=1S/C17H18N2O4S/c20-16(19-8-9-23-10-14(19)17(21)22)13-11-24-15(18-13)7-6-12-4-2-1-3-5-12/h1-5,11,14H,6-10H2,(H,21,22). The number of carboxylic acids is 1. The van der Waals surface area contributed by atoms with Crippen molar-refractivity contribution >= 4 is 23.2 Å². The highest BCUT2D eigenvalue weighted by molar-refractivity contribution is 7.09. The Hall–Kier alpha value is -2.25. The maximum Gasteiger partial charge on any atom is 0.328 e. The van der Waals surface area contributed by atoms with E-state index in [1.54, 1.807) is 5.38 Å². The van der Waals surface area contributed by atoms with Gasteiger partial charge < -0.3 is 14.7 Å². The van der Waals surface area contributed by atoms with Crippen molar-refractivity contribution in [2.24, 2.45) is 0 Å². The molecule has 0 bridgehead atoms. The molecule has 2 heterocycles. The summed E-state index contributed by atoms with van der Waals surface area (Å²) in [5, 5.41) is 11.8. The van der Waals surface area contributed by atoms with Crippen LogP contribution in [0.15, 0.2) is 35.7 Å². The second kappa shape index (κ2) is 7.55. The summed E-state index contributed by atoms with van der Waals surface area (Å²) in [6, 6.07) is 9.15. The first kappa shape index (κ1) is 16.6. The zero-order valence-corrected chi connectivity index (χ0v) is 13.9. The second-order valence-corrected chi connectivity index (χ2v) is 6.48. The molecule has 1 aromatic heterocycles. The van der Waals surface area contributed by atoms with Crippen LogP contribution in [0.4, 0.5) is 0 Å². The van der Waals surface area contributed by atoms with E-state index in [1.807, 2.05) is 18.2 Å². The number of carboxylic acid groups (broad SMARTS) is 1. The zero-order valence-electron chi connectivity index (χ0n) is 13.1. The lowest BCUT2D eigenvalue weighted by Gasteiger charge is -2.32. The summed E-state index contributed by atoms with van der Waals surface area (Å²) in [6.07, 6.45) is 1.62. The number of carbonyl (C=O) groups excluding carboxylic acids is 1. The molecule has 1 aliphatic heterocycles. The molecule has 1 unspecified atom stereocenters. The summed E-state index contributed by atoms with van der Waals surface area (Å²) in [7, 11) is 0. The normalized spacial score (nSPS) is 17.7. The van der Waals surface area contributed by atoms with Gasteiger partial charge in [-0.2, -0.15) is 0 Å². The van der Waals surface area contributed by atoms with Crippen LogP contribution in [0.25, 0.3) is 0 Å². The van der Waals surface area contributed by atoms with Crippen LogP contribution in [0.3, 0.4) is 0 Å². The Bertz CT molecular complexity index is 716. The minimum absolute atomic E-state index is 0.0199. The molecule has 7 heteroatoms. The van der Waals surface area contributed by atoms with Gasteiger partial charge in [0.05, 0.1) is 18.2 Å². The summed E-state index contributed by atoms with van der Waals surface area (Å²) in [5.41, 5.74) is 1.54. The predicted octanol–water partition coefficient (Wildman–Crippen LogP) is 1.85. The van der Waals surface area contributed by atoms with Crippen LogP contribution in [0.1, 0.15) is 21.1 Å². The van der Waals surface area contributed by atoms with Crippen molar-refractivity contribution in [2.45, 2.75) is 18.9 Å². The Kier molecular flexibility index (Phi) is 5.22. The van der Waals surface area contributed by atoms with Crippen LogP contribution >= 0.6 is 11.3 Å². The summed E-state index contributed by atoms with van der Waals surface area (Å²) >= 11 is 1.43. The minimum atomic E-state index is -1.05. The molecule has 2 aromatic rings. The van der Waals surface area contributed by atoms with Crippen LogP contribution in [0.5, 0.6) is 0 Å². The van der Waals surface area contributed by atoms with Gasteiger partial charge in [0.1, 0.15) is 5.69 Å². The highest BCUT2D eigenvalue weighted by Gasteiger charge is 2.34. The molecule has 0 spiro atoms. The van der Waals surface area contributed by atoms with E-state index in [1.165, 1.54) is 21.8 Å². The first-order chi connectivity index (χ1) is 11.6. The molecule has 6 nitrogen and oxygen atoms in total. The summed E-state index contributed by atoms with van der Waals surface area (Å²) in [4.78, 5) is 29.5. The zero-order chi connectivity index (χ0) is 16.9. The fourth-order valence-corrected chi connectivity index (χ4v) is 3.39. The Morgan fingerprint density at radius 1 is 1.29 bits per heavy atom. The lowest BCUT2D eigenvalue weighted by molar-refractivity contribution is -0.147. The van der Waals surface area contributed by atoms with E-state index in [2.05, 4.69) is 17.1 Å². The van der Waals surface area contributed by atoms with Gasteiger partial charge in [-0.05, 0) is 12.0 Å². The molecule has 0 saturated carbocycles. The number of rotatable bonds is 5. The summed E-state index contributed by atoms with van der Waals surface area (Å²) in [5.74, 6) is -1.39. The fourth-order valence-electron chi connectivity index (χ4n) is 2.62. The SMILES string of the molecule is O=C(O)C1COCCN1C(=O)c1csc(CCc2ccccc2)n1. The number of aryl methyl sites for hydroxylation is 2. The lowest BCUT2D eigenvalue weighted by atomic mass is 10.1. The number of aromatic nitrogens is 1. The van der Waals surface area contributed by atoms with Crippen LogP contribution in [0, 0.1) is 0 Å². The van der Waals surface area contributed by atoms with Gasteiger partial charge >= 0.3 is 5.97 Å². The summed E-state index contributed by atoms with van der Waals surface area (Å²) in [6.45, 7) is 0.638. The topological polar surface area (TPSA) is 79.7 Å². The second-order valence-electron chi connectivity index (χ2n) is 5.54. The molecule has 0 radical (unpaired) electrons. The van der Waals surface area contributed by atoms with E-state index in [0.717, 1.165) is 17.8 Å². The van der Waals surface area contributed by atoms with Gasteiger partial charge in [-0.3, -0.25) is 4.79 Å². The molecule has 3 rings (SSSR count). The average molecular weight is 346 g/mol. The first-order valence-electron chi connectivity index (χ1n) is 7.75.